The second-order valence-electron chi connectivity index (χ2n) is 7.50. The fraction of sp³-hybridized carbons (Fsp3) is 0.174. The number of alkyl halides is 3. The number of ether oxygens (including phenoxy) is 1. The number of anilines is 1. The molecule has 2 N–H and O–H groups in total. The van der Waals surface area contributed by atoms with Crippen LogP contribution in [0.3, 0.4) is 0 Å². The number of hydrogen-bond acceptors (Lipinski definition) is 5. The lowest BCUT2D eigenvalue weighted by molar-refractivity contribution is -0.137. The van der Waals surface area contributed by atoms with Crippen molar-refractivity contribution in [3.8, 4) is 5.75 Å². The Labute approximate surface area is 189 Å². The highest BCUT2D eigenvalue weighted by Crippen LogP contribution is 2.38. The zero-order chi connectivity index (χ0) is 23.8. The Bertz CT molecular complexity index is 1270. The van der Waals surface area contributed by atoms with E-state index in [4.69, 9.17) is 15.0 Å². The molecule has 4 rings (SSSR count). The van der Waals surface area contributed by atoms with Gasteiger partial charge in [-0.3, -0.25) is 5.01 Å². The maximum atomic E-state index is 13.0. The first-order valence-electron chi connectivity index (χ1n) is 9.87. The fourth-order valence-corrected chi connectivity index (χ4v) is 4.16. The Hall–Kier alpha value is -3.37. The highest BCUT2D eigenvalue weighted by molar-refractivity contribution is 7.89. The number of hydrogen-bond donors (Lipinski definition) is 1. The maximum Gasteiger partial charge on any atom is 0.416 e. The highest BCUT2D eigenvalue weighted by atomic mass is 32.2. The minimum atomic E-state index is -4.43. The molecule has 0 aliphatic carbocycles. The van der Waals surface area contributed by atoms with E-state index in [1.165, 1.54) is 24.3 Å². The molecule has 0 radical (unpaired) electrons. The molecule has 172 valence electrons. The molecule has 0 spiro atoms. The molecule has 3 aromatic rings. The summed E-state index contributed by atoms with van der Waals surface area (Å²) in [5, 5.41) is 11.6. The monoisotopic (exact) mass is 475 g/mol. The van der Waals surface area contributed by atoms with Crippen molar-refractivity contribution in [1.82, 2.24) is 0 Å². The van der Waals surface area contributed by atoms with Crippen molar-refractivity contribution in [3.05, 3.63) is 89.5 Å². The molecule has 1 unspecified atom stereocenters. The van der Waals surface area contributed by atoms with Gasteiger partial charge in [-0.25, -0.2) is 13.6 Å². The van der Waals surface area contributed by atoms with Gasteiger partial charge in [0.1, 0.15) is 5.75 Å². The standard InChI is InChI=1S/C23H20F3N3O3S/c1-32-19-10-4-15(5-11-19)21-14-22(16-2-6-17(7-3-16)23(24,25)26)29(28-21)18-8-12-20(13-9-18)33(27,30)31/h2-13,22H,14H2,1H3,(H2,27,30,31). The van der Waals surface area contributed by atoms with Crippen molar-refractivity contribution in [2.24, 2.45) is 10.2 Å². The van der Waals surface area contributed by atoms with Crippen LogP contribution in [0.1, 0.15) is 29.2 Å². The predicted octanol–water partition coefficient (Wildman–Crippen LogP) is 4.72. The first-order chi connectivity index (χ1) is 15.6. The van der Waals surface area contributed by atoms with E-state index in [-0.39, 0.29) is 10.9 Å². The van der Waals surface area contributed by atoms with Gasteiger partial charge < -0.3 is 4.74 Å². The third-order valence-electron chi connectivity index (χ3n) is 5.39. The Kier molecular flexibility index (Phi) is 5.89. The summed E-state index contributed by atoms with van der Waals surface area (Å²) in [6, 6.07) is 17.8. The molecule has 33 heavy (non-hydrogen) atoms. The van der Waals surface area contributed by atoms with Gasteiger partial charge in [0.2, 0.25) is 10.0 Å². The van der Waals surface area contributed by atoms with Gasteiger partial charge in [-0.15, -0.1) is 0 Å². The molecule has 0 aromatic heterocycles. The summed E-state index contributed by atoms with van der Waals surface area (Å²) in [6.45, 7) is 0. The molecule has 1 heterocycles. The second-order valence-corrected chi connectivity index (χ2v) is 9.06. The SMILES string of the molecule is COc1ccc(C2=NN(c3ccc(S(N)(=O)=O)cc3)C(c3ccc(C(F)(F)F)cc3)C2)cc1. The van der Waals surface area contributed by atoms with Crippen LogP contribution in [0.25, 0.3) is 0 Å². The van der Waals surface area contributed by atoms with Gasteiger partial charge in [0.05, 0.1) is 35.0 Å². The summed E-state index contributed by atoms with van der Waals surface area (Å²) in [7, 11) is -2.30. The summed E-state index contributed by atoms with van der Waals surface area (Å²) in [5.41, 5.74) is 2.07. The van der Waals surface area contributed by atoms with Gasteiger partial charge in [-0.05, 0) is 71.8 Å². The largest absolute Gasteiger partial charge is 0.497 e. The molecule has 0 bridgehead atoms. The van der Waals surface area contributed by atoms with Crippen LogP contribution in [0.4, 0.5) is 18.9 Å². The van der Waals surface area contributed by atoms with E-state index in [1.807, 2.05) is 12.1 Å². The molecular formula is C23H20F3N3O3S. The van der Waals surface area contributed by atoms with Gasteiger partial charge in [0.15, 0.2) is 0 Å². The minimum absolute atomic E-state index is 0.0455. The lowest BCUT2D eigenvalue weighted by Gasteiger charge is -2.24. The van der Waals surface area contributed by atoms with Crippen LogP contribution in [0, 0.1) is 0 Å². The number of benzene rings is 3. The van der Waals surface area contributed by atoms with Crippen LogP contribution < -0.4 is 14.9 Å². The molecule has 10 heteroatoms. The van der Waals surface area contributed by atoms with Crippen molar-refractivity contribution in [2.45, 2.75) is 23.5 Å². The zero-order valence-electron chi connectivity index (χ0n) is 17.5. The van der Waals surface area contributed by atoms with E-state index in [9.17, 15) is 21.6 Å². The van der Waals surface area contributed by atoms with E-state index in [0.29, 0.717) is 23.4 Å². The zero-order valence-corrected chi connectivity index (χ0v) is 18.3. The number of hydrazone groups is 1. The Morgan fingerprint density at radius 2 is 1.58 bits per heavy atom. The molecule has 1 aliphatic rings. The van der Waals surface area contributed by atoms with Gasteiger partial charge >= 0.3 is 6.18 Å². The maximum absolute atomic E-state index is 13.0. The van der Waals surface area contributed by atoms with Gasteiger partial charge in [0, 0.05) is 6.42 Å². The lowest BCUT2D eigenvalue weighted by Crippen LogP contribution is -2.19. The van der Waals surface area contributed by atoms with Crippen molar-refractivity contribution in [2.75, 3.05) is 12.1 Å². The van der Waals surface area contributed by atoms with E-state index < -0.39 is 21.8 Å². The molecule has 1 atom stereocenters. The van der Waals surface area contributed by atoms with Crippen molar-refractivity contribution in [3.63, 3.8) is 0 Å². The number of primary sulfonamides is 1. The molecule has 1 aliphatic heterocycles. The second kappa shape index (κ2) is 8.53. The summed E-state index contributed by atoms with van der Waals surface area (Å²) in [6.07, 6.45) is -3.99. The number of nitrogens with zero attached hydrogens (tertiary/aromatic N) is 2. The molecule has 0 saturated heterocycles. The van der Waals surface area contributed by atoms with Crippen LogP contribution in [-0.4, -0.2) is 21.2 Å². The number of halogens is 3. The van der Waals surface area contributed by atoms with Crippen LogP contribution >= 0.6 is 0 Å². The highest BCUT2D eigenvalue weighted by Gasteiger charge is 2.33. The summed E-state index contributed by atoms with van der Waals surface area (Å²) < 4.78 is 67.4. The Morgan fingerprint density at radius 1 is 0.970 bits per heavy atom. The third-order valence-corrected chi connectivity index (χ3v) is 6.32. The number of rotatable bonds is 5. The van der Waals surface area contributed by atoms with E-state index >= 15 is 0 Å². The van der Waals surface area contributed by atoms with Gasteiger partial charge in [0.25, 0.3) is 0 Å². The van der Waals surface area contributed by atoms with Gasteiger partial charge in [-0.2, -0.15) is 18.3 Å². The van der Waals surface area contributed by atoms with Crippen LogP contribution in [0.5, 0.6) is 5.75 Å². The summed E-state index contributed by atoms with van der Waals surface area (Å²) >= 11 is 0. The van der Waals surface area contributed by atoms with Crippen LogP contribution in [-0.2, 0) is 16.2 Å². The summed E-state index contributed by atoms with van der Waals surface area (Å²) in [5.74, 6) is 0.687. The first kappa shape index (κ1) is 22.8. The number of nitrogens with two attached hydrogens (primary N) is 1. The number of sulfonamides is 1. The number of methoxy groups -OCH3 is 1. The van der Waals surface area contributed by atoms with Crippen molar-refractivity contribution >= 4 is 21.4 Å². The molecule has 0 fully saturated rings. The lowest BCUT2D eigenvalue weighted by atomic mass is 9.97. The molecule has 3 aromatic carbocycles. The average Bonchev–Trinajstić information content (AvgIpc) is 3.24. The Morgan fingerprint density at radius 3 is 2.09 bits per heavy atom. The topological polar surface area (TPSA) is 85.0 Å². The minimum Gasteiger partial charge on any atom is -0.497 e. The average molecular weight is 475 g/mol. The molecular weight excluding hydrogens is 455 g/mol. The van der Waals surface area contributed by atoms with Gasteiger partial charge in [-0.1, -0.05) is 12.1 Å². The molecule has 0 saturated carbocycles. The van der Waals surface area contributed by atoms with Crippen LogP contribution in [0.2, 0.25) is 0 Å². The smallest absolute Gasteiger partial charge is 0.416 e. The first-order valence-corrected chi connectivity index (χ1v) is 11.4. The van der Waals surface area contributed by atoms with E-state index in [0.717, 1.165) is 23.4 Å². The third kappa shape index (κ3) is 4.86. The van der Waals surface area contributed by atoms with Crippen LogP contribution in [0.15, 0.2) is 82.8 Å². The quantitative estimate of drug-likeness (QED) is 0.579. The molecule has 6 nitrogen and oxygen atoms in total. The predicted molar refractivity (Wildman–Crippen MR) is 119 cm³/mol. The van der Waals surface area contributed by atoms with Crippen molar-refractivity contribution in [1.29, 1.82) is 0 Å². The molecule has 0 amide bonds. The van der Waals surface area contributed by atoms with E-state index in [1.54, 1.807) is 36.4 Å². The summed E-state index contributed by atoms with van der Waals surface area (Å²) in [4.78, 5) is -0.0455. The van der Waals surface area contributed by atoms with Crippen molar-refractivity contribution < 1.29 is 26.3 Å². The Balaban J connectivity index is 1.72. The normalized spacial score (nSPS) is 16.6. The fourth-order valence-electron chi connectivity index (χ4n) is 3.65. The van der Waals surface area contributed by atoms with E-state index in [2.05, 4.69) is 0 Å².